The molecule has 0 saturated carbocycles. The molecule has 1 amide bonds. The Morgan fingerprint density at radius 3 is 2.40 bits per heavy atom. The molecular formula is C17H10Cl3NO4. The summed E-state index contributed by atoms with van der Waals surface area (Å²) >= 11 is 17.8. The van der Waals surface area contributed by atoms with Gasteiger partial charge in [-0.05, 0) is 24.3 Å². The topological polar surface area (TPSA) is 68.5 Å². The molecule has 25 heavy (non-hydrogen) atoms. The monoisotopic (exact) mass is 397 g/mol. The molecular weight excluding hydrogens is 389 g/mol. The predicted octanol–water partition coefficient (Wildman–Crippen LogP) is 5.19. The molecule has 0 fully saturated rings. The van der Waals surface area contributed by atoms with E-state index in [4.69, 9.17) is 44.0 Å². The molecule has 2 aromatic carbocycles. The molecule has 8 heteroatoms. The zero-order valence-corrected chi connectivity index (χ0v) is 14.8. The molecule has 3 aromatic rings. The summed E-state index contributed by atoms with van der Waals surface area (Å²) in [6, 6.07) is 11.5. The summed E-state index contributed by atoms with van der Waals surface area (Å²) in [7, 11) is 0. The number of amides is 1. The normalized spacial score (nSPS) is 10.7. The minimum Gasteiger partial charge on any atom is -0.450 e. The highest BCUT2D eigenvalue weighted by molar-refractivity contribution is 6.42. The molecule has 3 rings (SSSR count). The number of benzene rings is 2. The van der Waals surface area contributed by atoms with Crippen LogP contribution in [0.1, 0.15) is 10.6 Å². The number of hydrogen-bond donors (Lipinski definition) is 1. The van der Waals surface area contributed by atoms with Crippen molar-refractivity contribution in [3.8, 4) is 0 Å². The van der Waals surface area contributed by atoms with E-state index >= 15 is 0 Å². The molecule has 0 aliphatic heterocycles. The third-order valence-corrected chi connectivity index (χ3v) is 4.05. The van der Waals surface area contributed by atoms with Crippen LogP contribution in [0.3, 0.4) is 0 Å². The third-order valence-electron chi connectivity index (χ3n) is 3.23. The van der Waals surface area contributed by atoms with Gasteiger partial charge in [-0.25, -0.2) is 4.79 Å². The van der Waals surface area contributed by atoms with Crippen LogP contribution in [0, 0.1) is 0 Å². The van der Waals surface area contributed by atoms with E-state index in [0.717, 1.165) is 5.39 Å². The van der Waals surface area contributed by atoms with Crippen LogP contribution < -0.4 is 5.32 Å². The first kappa shape index (κ1) is 17.6. The average Bonchev–Trinajstić information content (AvgIpc) is 3.00. The van der Waals surface area contributed by atoms with Crippen molar-refractivity contribution < 1.29 is 18.7 Å². The van der Waals surface area contributed by atoms with Crippen LogP contribution in [0.25, 0.3) is 11.0 Å². The highest BCUT2D eigenvalue weighted by Crippen LogP contribution is 2.33. The Bertz CT molecular complexity index is 911. The molecule has 0 radical (unpaired) electrons. The maximum absolute atomic E-state index is 12.0. The van der Waals surface area contributed by atoms with Crippen molar-refractivity contribution in [1.82, 2.24) is 0 Å². The molecule has 0 spiro atoms. The van der Waals surface area contributed by atoms with Crippen LogP contribution in [-0.4, -0.2) is 18.5 Å². The van der Waals surface area contributed by atoms with E-state index in [2.05, 4.69) is 5.32 Å². The number of carbonyl (C=O) groups is 2. The fourth-order valence-corrected chi connectivity index (χ4v) is 3.03. The Hall–Kier alpha value is -2.21. The van der Waals surface area contributed by atoms with Crippen LogP contribution in [0.4, 0.5) is 5.69 Å². The molecule has 5 nitrogen and oxygen atoms in total. The lowest BCUT2D eigenvalue weighted by molar-refractivity contribution is -0.119. The molecule has 0 unspecified atom stereocenters. The SMILES string of the molecule is O=C(COC(=O)c1cc2ccccc2o1)Nc1c(Cl)cc(Cl)cc1Cl. The fourth-order valence-electron chi connectivity index (χ4n) is 2.12. The number of hydrogen-bond acceptors (Lipinski definition) is 4. The van der Waals surface area contributed by atoms with Crippen molar-refractivity contribution in [2.24, 2.45) is 0 Å². The third kappa shape index (κ3) is 4.07. The van der Waals surface area contributed by atoms with Gasteiger partial charge in [0.25, 0.3) is 5.91 Å². The molecule has 128 valence electrons. The maximum Gasteiger partial charge on any atom is 0.374 e. The summed E-state index contributed by atoms with van der Waals surface area (Å²) < 4.78 is 10.3. The number of rotatable bonds is 4. The van der Waals surface area contributed by atoms with Gasteiger partial charge in [-0.15, -0.1) is 0 Å². The zero-order chi connectivity index (χ0) is 18.0. The van der Waals surface area contributed by atoms with Gasteiger partial charge >= 0.3 is 5.97 Å². The van der Waals surface area contributed by atoms with Gasteiger partial charge in [-0.1, -0.05) is 53.0 Å². The Morgan fingerprint density at radius 2 is 1.72 bits per heavy atom. The van der Waals surface area contributed by atoms with Gasteiger partial charge in [-0.2, -0.15) is 0 Å². The lowest BCUT2D eigenvalue weighted by Gasteiger charge is -2.09. The molecule has 0 saturated heterocycles. The molecule has 1 aromatic heterocycles. The summed E-state index contributed by atoms with van der Waals surface area (Å²) in [5, 5.41) is 3.92. The Kier molecular flexibility index (Phi) is 5.18. The van der Waals surface area contributed by atoms with E-state index in [-0.39, 0.29) is 21.5 Å². The number of fused-ring (bicyclic) bond motifs is 1. The number of furan rings is 1. The maximum atomic E-state index is 12.0. The van der Waals surface area contributed by atoms with E-state index in [1.54, 1.807) is 24.3 Å². The summed E-state index contributed by atoms with van der Waals surface area (Å²) in [4.78, 5) is 23.9. The summed E-state index contributed by atoms with van der Waals surface area (Å²) in [6.45, 7) is -0.523. The second-order valence-corrected chi connectivity index (χ2v) is 6.27. The van der Waals surface area contributed by atoms with E-state index in [1.165, 1.54) is 12.1 Å². The molecule has 0 bridgehead atoms. The minimum atomic E-state index is -0.750. The second-order valence-electron chi connectivity index (χ2n) is 5.02. The smallest absolute Gasteiger partial charge is 0.374 e. The first-order chi connectivity index (χ1) is 11.9. The molecule has 0 aliphatic rings. The summed E-state index contributed by atoms with van der Waals surface area (Å²) in [5.41, 5.74) is 0.746. The van der Waals surface area contributed by atoms with Gasteiger partial charge in [0.15, 0.2) is 6.61 Å². The Balaban J connectivity index is 1.63. The summed E-state index contributed by atoms with van der Waals surface area (Å²) in [5.74, 6) is -1.34. The van der Waals surface area contributed by atoms with Crippen LogP contribution in [0.15, 0.2) is 46.9 Å². The van der Waals surface area contributed by atoms with Crippen LogP contribution >= 0.6 is 34.8 Å². The van der Waals surface area contributed by atoms with Gasteiger partial charge in [0, 0.05) is 10.4 Å². The van der Waals surface area contributed by atoms with E-state index in [1.807, 2.05) is 6.07 Å². The molecule has 1 heterocycles. The highest BCUT2D eigenvalue weighted by Gasteiger charge is 2.17. The van der Waals surface area contributed by atoms with E-state index < -0.39 is 18.5 Å². The van der Waals surface area contributed by atoms with Gasteiger partial charge in [0.1, 0.15) is 5.58 Å². The van der Waals surface area contributed by atoms with Gasteiger partial charge < -0.3 is 14.5 Å². The number of para-hydroxylation sites is 1. The second kappa shape index (κ2) is 7.35. The molecule has 0 aliphatic carbocycles. The van der Waals surface area contributed by atoms with Crippen molar-refractivity contribution >= 4 is 63.3 Å². The van der Waals surface area contributed by atoms with Crippen molar-refractivity contribution in [1.29, 1.82) is 0 Å². The number of halogens is 3. The van der Waals surface area contributed by atoms with Crippen molar-refractivity contribution in [2.45, 2.75) is 0 Å². The lowest BCUT2D eigenvalue weighted by atomic mass is 10.2. The van der Waals surface area contributed by atoms with Crippen molar-refractivity contribution in [3.05, 3.63) is 63.3 Å². The first-order valence-electron chi connectivity index (χ1n) is 7.04. The molecule has 1 N–H and O–H groups in total. The predicted molar refractivity (Wildman–Crippen MR) is 96.6 cm³/mol. The van der Waals surface area contributed by atoms with Gasteiger partial charge in [-0.3, -0.25) is 4.79 Å². The fraction of sp³-hybridized carbons (Fsp3) is 0.0588. The van der Waals surface area contributed by atoms with Crippen LogP contribution in [0.5, 0.6) is 0 Å². The van der Waals surface area contributed by atoms with Crippen LogP contribution in [-0.2, 0) is 9.53 Å². The lowest BCUT2D eigenvalue weighted by Crippen LogP contribution is -2.21. The van der Waals surface area contributed by atoms with E-state index in [0.29, 0.717) is 10.6 Å². The first-order valence-corrected chi connectivity index (χ1v) is 8.17. The highest BCUT2D eigenvalue weighted by atomic mass is 35.5. The average molecular weight is 399 g/mol. The molecule has 0 atom stereocenters. The quantitative estimate of drug-likeness (QED) is 0.614. The summed E-state index contributed by atoms with van der Waals surface area (Å²) in [6.07, 6.45) is 0. The minimum absolute atomic E-state index is 0.0107. The number of esters is 1. The van der Waals surface area contributed by atoms with Crippen molar-refractivity contribution in [2.75, 3.05) is 11.9 Å². The number of nitrogens with one attached hydrogen (secondary N) is 1. The number of ether oxygens (including phenoxy) is 1. The Labute approximate surface area is 157 Å². The van der Waals surface area contributed by atoms with Gasteiger partial charge in [0.05, 0.1) is 15.7 Å². The zero-order valence-electron chi connectivity index (χ0n) is 12.5. The van der Waals surface area contributed by atoms with Gasteiger partial charge in [0.2, 0.25) is 5.76 Å². The van der Waals surface area contributed by atoms with Crippen LogP contribution in [0.2, 0.25) is 15.1 Å². The Morgan fingerprint density at radius 1 is 1.04 bits per heavy atom. The standard InChI is InChI=1S/C17H10Cl3NO4/c18-10-6-11(19)16(12(20)7-10)21-15(22)8-24-17(23)14-5-9-3-1-2-4-13(9)25-14/h1-7H,8H2,(H,21,22). The number of carbonyl (C=O) groups excluding carboxylic acids is 2. The largest absolute Gasteiger partial charge is 0.450 e. The van der Waals surface area contributed by atoms with E-state index in [9.17, 15) is 9.59 Å². The van der Waals surface area contributed by atoms with Crippen molar-refractivity contribution in [3.63, 3.8) is 0 Å². The number of anilines is 1.